The smallest absolute Gasteiger partial charge is 0.245 e. The summed E-state index contributed by atoms with van der Waals surface area (Å²) in [5, 5.41) is 1.49. The van der Waals surface area contributed by atoms with Crippen molar-refractivity contribution in [1.82, 2.24) is 4.72 Å². The van der Waals surface area contributed by atoms with Crippen molar-refractivity contribution in [2.45, 2.75) is 23.8 Å². The van der Waals surface area contributed by atoms with Crippen LogP contribution in [0.2, 0.25) is 0 Å². The molecule has 7 heteroatoms. The Bertz CT molecular complexity index is 1180. The van der Waals surface area contributed by atoms with Gasteiger partial charge in [0.2, 0.25) is 15.9 Å². The number of para-hydroxylation sites is 1. The number of fused-ring (bicyclic) bond motifs is 1. The molecular formula is C23H25N3O3S. The van der Waals surface area contributed by atoms with Gasteiger partial charge in [0.15, 0.2) is 0 Å². The van der Waals surface area contributed by atoms with E-state index in [0.29, 0.717) is 18.4 Å². The molecule has 1 aliphatic rings. The van der Waals surface area contributed by atoms with Crippen LogP contribution in [-0.4, -0.2) is 41.0 Å². The molecule has 1 atom stereocenters. The minimum absolute atomic E-state index is 0.188. The van der Waals surface area contributed by atoms with Crippen molar-refractivity contribution in [1.29, 1.82) is 0 Å². The third-order valence-electron chi connectivity index (χ3n) is 5.43. The highest BCUT2D eigenvalue weighted by Crippen LogP contribution is 2.30. The SMILES string of the molecule is CN(C)c1cccc2c(S(=O)(=O)NC3CCCN(c4ccccc4)C3=O)cccc12. The summed E-state index contributed by atoms with van der Waals surface area (Å²) >= 11 is 0. The third kappa shape index (κ3) is 3.78. The maximum atomic E-state index is 13.3. The Morgan fingerprint density at radius 1 is 0.933 bits per heavy atom. The van der Waals surface area contributed by atoms with Crippen LogP contribution >= 0.6 is 0 Å². The first-order valence-electron chi connectivity index (χ1n) is 9.96. The zero-order valence-corrected chi connectivity index (χ0v) is 17.9. The molecule has 0 saturated carbocycles. The van der Waals surface area contributed by atoms with Crippen LogP contribution in [0.15, 0.2) is 71.6 Å². The number of carbonyl (C=O) groups is 1. The van der Waals surface area contributed by atoms with Gasteiger partial charge in [0.1, 0.15) is 6.04 Å². The van der Waals surface area contributed by atoms with E-state index in [1.807, 2.05) is 67.5 Å². The van der Waals surface area contributed by atoms with Crippen molar-refractivity contribution < 1.29 is 13.2 Å². The lowest BCUT2D eigenvalue weighted by Crippen LogP contribution is -2.52. The fraction of sp³-hybridized carbons (Fsp3) is 0.261. The summed E-state index contributed by atoms with van der Waals surface area (Å²) in [5.74, 6) is -0.217. The van der Waals surface area contributed by atoms with Crippen LogP contribution in [0.3, 0.4) is 0 Å². The molecular weight excluding hydrogens is 398 g/mol. The molecule has 1 saturated heterocycles. The van der Waals surface area contributed by atoms with E-state index in [1.54, 1.807) is 23.1 Å². The van der Waals surface area contributed by atoms with Gasteiger partial charge in [-0.25, -0.2) is 8.42 Å². The summed E-state index contributed by atoms with van der Waals surface area (Å²) in [6.07, 6.45) is 1.21. The normalized spacial score (nSPS) is 17.3. The van der Waals surface area contributed by atoms with Gasteiger partial charge in [0, 0.05) is 42.8 Å². The van der Waals surface area contributed by atoms with Crippen molar-refractivity contribution in [3.05, 3.63) is 66.7 Å². The highest BCUT2D eigenvalue weighted by molar-refractivity contribution is 7.89. The Morgan fingerprint density at radius 2 is 1.63 bits per heavy atom. The van der Waals surface area contributed by atoms with Crippen LogP contribution in [0.5, 0.6) is 0 Å². The minimum Gasteiger partial charge on any atom is -0.377 e. The first-order chi connectivity index (χ1) is 14.4. The number of hydrogen-bond acceptors (Lipinski definition) is 4. The maximum absolute atomic E-state index is 13.3. The molecule has 0 radical (unpaired) electrons. The maximum Gasteiger partial charge on any atom is 0.245 e. The quantitative estimate of drug-likeness (QED) is 0.683. The van der Waals surface area contributed by atoms with Crippen molar-refractivity contribution in [3.8, 4) is 0 Å². The second-order valence-electron chi connectivity index (χ2n) is 7.66. The fourth-order valence-electron chi connectivity index (χ4n) is 3.99. The monoisotopic (exact) mass is 423 g/mol. The van der Waals surface area contributed by atoms with Gasteiger partial charge in [-0.15, -0.1) is 0 Å². The summed E-state index contributed by atoms with van der Waals surface area (Å²) in [7, 11) is -0.0362. The van der Waals surface area contributed by atoms with E-state index >= 15 is 0 Å². The summed E-state index contributed by atoms with van der Waals surface area (Å²) in [5.41, 5.74) is 1.72. The summed E-state index contributed by atoms with van der Waals surface area (Å²) in [4.78, 5) is 16.8. The summed E-state index contributed by atoms with van der Waals surface area (Å²) < 4.78 is 29.2. The molecule has 30 heavy (non-hydrogen) atoms. The topological polar surface area (TPSA) is 69.7 Å². The molecule has 1 heterocycles. The number of rotatable bonds is 5. The molecule has 4 rings (SSSR count). The van der Waals surface area contributed by atoms with Gasteiger partial charge >= 0.3 is 0 Å². The molecule has 1 unspecified atom stereocenters. The highest BCUT2D eigenvalue weighted by Gasteiger charge is 2.33. The molecule has 1 amide bonds. The summed E-state index contributed by atoms with van der Waals surface area (Å²) in [6, 6.07) is 19.4. The minimum atomic E-state index is -3.88. The van der Waals surface area contributed by atoms with E-state index in [9.17, 15) is 13.2 Å². The van der Waals surface area contributed by atoms with E-state index in [4.69, 9.17) is 0 Å². The van der Waals surface area contributed by atoms with Gasteiger partial charge in [0.25, 0.3) is 0 Å². The number of anilines is 2. The van der Waals surface area contributed by atoms with E-state index in [0.717, 1.165) is 23.2 Å². The van der Waals surface area contributed by atoms with Crippen molar-refractivity contribution in [3.63, 3.8) is 0 Å². The van der Waals surface area contributed by atoms with E-state index in [-0.39, 0.29) is 10.8 Å². The molecule has 0 aliphatic carbocycles. The lowest BCUT2D eigenvalue weighted by atomic mass is 10.0. The van der Waals surface area contributed by atoms with E-state index < -0.39 is 16.1 Å². The highest BCUT2D eigenvalue weighted by atomic mass is 32.2. The number of benzene rings is 3. The lowest BCUT2D eigenvalue weighted by molar-refractivity contribution is -0.121. The van der Waals surface area contributed by atoms with Crippen LogP contribution in [0.1, 0.15) is 12.8 Å². The predicted molar refractivity (Wildman–Crippen MR) is 120 cm³/mol. The number of sulfonamides is 1. The molecule has 3 aromatic rings. The Labute approximate surface area is 177 Å². The molecule has 6 nitrogen and oxygen atoms in total. The standard InChI is InChI=1S/C23H25N3O3S/c1-25(2)21-14-6-12-19-18(21)11-7-15-22(19)30(28,29)24-20-13-8-16-26(23(20)27)17-9-4-3-5-10-17/h3-7,9-12,14-15,20,24H,8,13,16H2,1-2H3. The molecule has 1 fully saturated rings. The molecule has 0 bridgehead atoms. The Balaban J connectivity index is 1.67. The van der Waals surface area contributed by atoms with Crippen LogP contribution < -0.4 is 14.5 Å². The number of nitrogens with zero attached hydrogens (tertiary/aromatic N) is 2. The lowest BCUT2D eigenvalue weighted by Gasteiger charge is -2.32. The van der Waals surface area contributed by atoms with Crippen LogP contribution in [-0.2, 0) is 14.8 Å². The van der Waals surface area contributed by atoms with Gasteiger partial charge in [-0.2, -0.15) is 4.72 Å². The Morgan fingerprint density at radius 3 is 2.37 bits per heavy atom. The third-order valence-corrected chi connectivity index (χ3v) is 6.96. The van der Waals surface area contributed by atoms with Gasteiger partial charge in [0.05, 0.1) is 4.90 Å². The molecule has 3 aromatic carbocycles. The van der Waals surface area contributed by atoms with Crippen molar-refractivity contribution in [2.24, 2.45) is 0 Å². The van der Waals surface area contributed by atoms with Crippen LogP contribution in [0, 0.1) is 0 Å². The fourth-order valence-corrected chi connectivity index (χ4v) is 5.43. The first-order valence-corrected chi connectivity index (χ1v) is 11.4. The number of hydrogen-bond donors (Lipinski definition) is 1. The second kappa shape index (κ2) is 8.08. The molecule has 0 spiro atoms. The predicted octanol–water partition coefficient (Wildman–Crippen LogP) is 3.38. The molecule has 0 aromatic heterocycles. The zero-order chi connectivity index (χ0) is 21.3. The van der Waals surface area contributed by atoms with Crippen LogP contribution in [0.4, 0.5) is 11.4 Å². The van der Waals surface area contributed by atoms with Gasteiger partial charge in [-0.3, -0.25) is 4.79 Å². The number of carbonyl (C=O) groups excluding carboxylic acids is 1. The first kappa shape index (κ1) is 20.4. The van der Waals surface area contributed by atoms with Crippen LogP contribution in [0.25, 0.3) is 10.8 Å². The molecule has 1 aliphatic heterocycles. The summed E-state index contributed by atoms with van der Waals surface area (Å²) in [6.45, 7) is 0.585. The number of amides is 1. The second-order valence-corrected chi connectivity index (χ2v) is 9.35. The molecule has 156 valence electrons. The zero-order valence-electron chi connectivity index (χ0n) is 17.1. The Hall–Kier alpha value is -2.90. The van der Waals surface area contributed by atoms with E-state index in [1.165, 1.54) is 0 Å². The van der Waals surface area contributed by atoms with Crippen molar-refractivity contribution in [2.75, 3.05) is 30.4 Å². The van der Waals surface area contributed by atoms with Crippen molar-refractivity contribution >= 4 is 38.1 Å². The number of piperidine rings is 1. The largest absolute Gasteiger partial charge is 0.377 e. The van der Waals surface area contributed by atoms with E-state index in [2.05, 4.69) is 4.72 Å². The molecule has 1 N–H and O–H groups in total. The average Bonchev–Trinajstić information content (AvgIpc) is 2.74. The van der Waals surface area contributed by atoms with Gasteiger partial charge < -0.3 is 9.80 Å². The van der Waals surface area contributed by atoms with Gasteiger partial charge in [-0.1, -0.05) is 42.5 Å². The average molecular weight is 424 g/mol. The van der Waals surface area contributed by atoms with Gasteiger partial charge in [-0.05, 0) is 37.1 Å². The number of nitrogens with one attached hydrogen (secondary N) is 1. The Kier molecular flexibility index (Phi) is 5.49.